The summed E-state index contributed by atoms with van der Waals surface area (Å²) in [6, 6.07) is 11.9. The number of nitrogens with zero attached hydrogens (tertiary/aromatic N) is 1. The SMILES string of the molecule is CC1(C)OCCC1CNC(=O)NCc1cccc(-c2cccnc2)c1. The summed E-state index contributed by atoms with van der Waals surface area (Å²) in [5.74, 6) is 0.354. The molecule has 1 aromatic carbocycles. The van der Waals surface area contributed by atoms with Gasteiger partial charge in [-0.3, -0.25) is 4.98 Å². The fourth-order valence-electron chi connectivity index (χ4n) is 3.13. The van der Waals surface area contributed by atoms with Crippen LogP contribution < -0.4 is 10.6 Å². The molecule has 0 bridgehead atoms. The van der Waals surface area contributed by atoms with Gasteiger partial charge in [0.1, 0.15) is 0 Å². The van der Waals surface area contributed by atoms with Crippen molar-refractivity contribution < 1.29 is 9.53 Å². The van der Waals surface area contributed by atoms with E-state index in [-0.39, 0.29) is 11.6 Å². The zero-order valence-electron chi connectivity index (χ0n) is 14.8. The molecule has 2 heterocycles. The molecule has 1 unspecified atom stereocenters. The van der Waals surface area contributed by atoms with Gasteiger partial charge in [-0.25, -0.2) is 4.79 Å². The summed E-state index contributed by atoms with van der Waals surface area (Å²) in [4.78, 5) is 16.2. The number of pyridine rings is 1. The number of carbonyl (C=O) groups excluding carboxylic acids is 1. The van der Waals surface area contributed by atoms with Gasteiger partial charge in [0.05, 0.1) is 5.60 Å². The predicted molar refractivity (Wildman–Crippen MR) is 98.0 cm³/mol. The minimum Gasteiger partial charge on any atom is -0.375 e. The van der Waals surface area contributed by atoms with Gasteiger partial charge in [-0.05, 0) is 49.1 Å². The molecule has 2 amide bonds. The van der Waals surface area contributed by atoms with E-state index in [0.717, 1.165) is 29.7 Å². The second-order valence-electron chi connectivity index (χ2n) is 6.94. The van der Waals surface area contributed by atoms with Crippen LogP contribution in [0.5, 0.6) is 0 Å². The van der Waals surface area contributed by atoms with Gasteiger partial charge in [-0.1, -0.05) is 24.3 Å². The summed E-state index contributed by atoms with van der Waals surface area (Å²) in [7, 11) is 0. The molecule has 0 spiro atoms. The van der Waals surface area contributed by atoms with Crippen molar-refractivity contribution in [1.29, 1.82) is 0 Å². The Labute approximate surface area is 148 Å². The van der Waals surface area contributed by atoms with Crippen molar-refractivity contribution in [2.24, 2.45) is 5.92 Å². The Balaban J connectivity index is 1.51. The van der Waals surface area contributed by atoms with Gasteiger partial charge in [-0.2, -0.15) is 0 Å². The molecule has 1 fully saturated rings. The van der Waals surface area contributed by atoms with E-state index in [4.69, 9.17) is 4.74 Å². The summed E-state index contributed by atoms with van der Waals surface area (Å²) >= 11 is 0. The van der Waals surface area contributed by atoms with E-state index in [0.29, 0.717) is 19.0 Å². The largest absolute Gasteiger partial charge is 0.375 e. The van der Waals surface area contributed by atoms with E-state index < -0.39 is 0 Å². The summed E-state index contributed by atoms with van der Waals surface area (Å²) in [6.45, 7) is 6.05. The zero-order chi connectivity index (χ0) is 17.7. The van der Waals surface area contributed by atoms with Crippen LogP contribution in [0.25, 0.3) is 11.1 Å². The molecule has 5 heteroatoms. The molecule has 1 aliphatic rings. The second-order valence-corrected chi connectivity index (χ2v) is 6.94. The molecule has 1 aromatic heterocycles. The summed E-state index contributed by atoms with van der Waals surface area (Å²) in [5.41, 5.74) is 3.06. The topological polar surface area (TPSA) is 63.2 Å². The molecule has 2 aromatic rings. The average Bonchev–Trinajstić information content (AvgIpc) is 2.97. The van der Waals surface area contributed by atoms with Crippen molar-refractivity contribution >= 4 is 6.03 Å². The van der Waals surface area contributed by atoms with Crippen molar-refractivity contribution in [3.05, 3.63) is 54.4 Å². The van der Waals surface area contributed by atoms with Crippen LogP contribution in [0.3, 0.4) is 0 Å². The molecule has 0 radical (unpaired) electrons. The van der Waals surface area contributed by atoms with E-state index in [9.17, 15) is 4.79 Å². The Hall–Kier alpha value is -2.40. The number of amides is 2. The lowest BCUT2D eigenvalue weighted by Gasteiger charge is -2.25. The van der Waals surface area contributed by atoms with Gasteiger partial charge in [0.15, 0.2) is 0 Å². The van der Waals surface area contributed by atoms with E-state index in [1.807, 2.05) is 36.5 Å². The molecule has 1 aliphatic heterocycles. The minimum atomic E-state index is -0.161. The van der Waals surface area contributed by atoms with Crippen LogP contribution in [-0.4, -0.2) is 29.8 Å². The molecule has 132 valence electrons. The van der Waals surface area contributed by atoms with Crippen LogP contribution in [0.4, 0.5) is 4.79 Å². The van der Waals surface area contributed by atoms with E-state index in [2.05, 4.69) is 35.5 Å². The summed E-state index contributed by atoms with van der Waals surface area (Å²) in [5, 5.41) is 5.88. The maximum Gasteiger partial charge on any atom is 0.315 e. The normalized spacial score (nSPS) is 18.7. The molecule has 3 rings (SSSR count). The number of carbonyl (C=O) groups is 1. The highest BCUT2D eigenvalue weighted by Crippen LogP contribution is 2.30. The standard InChI is InChI=1S/C20H25N3O2/c1-20(2)18(8-10-25-20)14-23-19(24)22-12-15-5-3-6-16(11-15)17-7-4-9-21-13-17/h3-7,9,11,13,18H,8,10,12,14H2,1-2H3,(H2,22,23,24). The Morgan fingerprint density at radius 3 is 2.80 bits per heavy atom. The molecular weight excluding hydrogens is 314 g/mol. The maximum atomic E-state index is 12.1. The van der Waals surface area contributed by atoms with Crippen LogP contribution in [0.15, 0.2) is 48.8 Å². The lowest BCUT2D eigenvalue weighted by molar-refractivity contribution is 0.0120. The second kappa shape index (κ2) is 7.66. The molecular formula is C20H25N3O2. The molecule has 0 saturated carbocycles. The Morgan fingerprint density at radius 1 is 1.24 bits per heavy atom. The van der Waals surface area contributed by atoms with Crippen LogP contribution >= 0.6 is 0 Å². The first-order valence-electron chi connectivity index (χ1n) is 8.69. The van der Waals surface area contributed by atoms with Crippen LogP contribution in [0.2, 0.25) is 0 Å². The zero-order valence-corrected chi connectivity index (χ0v) is 14.8. The molecule has 2 N–H and O–H groups in total. The predicted octanol–water partition coefficient (Wildman–Crippen LogP) is 3.36. The number of nitrogens with one attached hydrogen (secondary N) is 2. The molecule has 1 saturated heterocycles. The van der Waals surface area contributed by atoms with Gasteiger partial charge < -0.3 is 15.4 Å². The lowest BCUT2D eigenvalue weighted by atomic mass is 9.91. The third-order valence-electron chi connectivity index (χ3n) is 4.81. The highest BCUT2D eigenvalue weighted by molar-refractivity contribution is 5.74. The highest BCUT2D eigenvalue weighted by Gasteiger charge is 2.35. The monoisotopic (exact) mass is 339 g/mol. The van der Waals surface area contributed by atoms with Crippen LogP contribution in [0.1, 0.15) is 25.8 Å². The number of hydrogen-bond donors (Lipinski definition) is 2. The average molecular weight is 339 g/mol. The number of hydrogen-bond acceptors (Lipinski definition) is 3. The number of urea groups is 1. The number of ether oxygens (including phenoxy) is 1. The number of aromatic nitrogens is 1. The Bertz CT molecular complexity index is 716. The smallest absolute Gasteiger partial charge is 0.315 e. The van der Waals surface area contributed by atoms with Crippen LogP contribution in [0, 0.1) is 5.92 Å². The van der Waals surface area contributed by atoms with Gasteiger partial charge in [0, 0.05) is 38.0 Å². The lowest BCUT2D eigenvalue weighted by Crippen LogP contribution is -2.42. The number of benzene rings is 1. The molecule has 25 heavy (non-hydrogen) atoms. The van der Waals surface area contributed by atoms with Gasteiger partial charge >= 0.3 is 6.03 Å². The van der Waals surface area contributed by atoms with E-state index in [1.165, 1.54) is 0 Å². The fourth-order valence-corrected chi connectivity index (χ4v) is 3.13. The van der Waals surface area contributed by atoms with Crippen LogP contribution in [-0.2, 0) is 11.3 Å². The molecule has 1 atom stereocenters. The van der Waals surface area contributed by atoms with Gasteiger partial charge in [-0.15, -0.1) is 0 Å². The maximum absolute atomic E-state index is 12.1. The first-order chi connectivity index (χ1) is 12.0. The Morgan fingerprint density at radius 2 is 2.08 bits per heavy atom. The van der Waals surface area contributed by atoms with Crippen molar-refractivity contribution in [2.75, 3.05) is 13.2 Å². The fraction of sp³-hybridized carbons (Fsp3) is 0.400. The minimum absolute atomic E-state index is 0.144. The van der Waals surface area contributed by atoms with E-state index in [1.54, 1.807) is 6.20 Å². The van der Waals surface area contributed by atoms with Gasteiger partial charge in [0.2, 0.25) is 0 Å². The summed E-state index contributed by atoms with van der Waals surface area (Å²) in [6.07, 6.45) is 4.58. The van der Waals surface area contributed by atoms with Crippen molar-refractivity contribution in [3.8, 4) is 11.1 Å². The molecule has 5 nitrogen and oxygen atoms in total. The quantitative estimate of drug-likeness (QED) is 0.878. The van der Waals surface area contributed by atoms with Crippen molar-refractivity contribution in [2.45, 2.75) is 32.4 Å². The first-order valence-corrected chi connectivity index (χ1v) is 8.69. The third kappa shape index (κ3) is 4.57. The van der Waals surface area contributed by atoms with Crippen molar-refractivity contribution in [3.63, 3.8) is 0 Å². The Kier molecular flexibility index (Phi) is 5.34. The van der Waals surface area contributed by atoms with Crippen molar-refractivity contribution in [1.82, 2.24) is 15.6 Å². The first kappa shape index (κ1) is 17.4. The highest BCUT2D eigenvalue weighted by atomic mass is 16.5. The van der Waals surface area contributed by atoms with Gasteiger partial charge in [0.25, 0.3) is 0 Å². The van der Waals surface area contributed by atoms with E-state index >= 15 is 0 Å². The number of rotatable bonds is 5. The summed E-state index contributed by atoms with van der Waals surface area (Å²) < 4.78 is 5.69. The third-order valence-corrected chi connectivity index (χ3v) is 4.81. The molecule has 0 aliphatic carbocycles.